The number of nitrogens with one attached hydrogen (secondary N) is 1. The van der Waals surface area contributed by atoms with Gasteiger partial charge in [0, 0.05) is 31.1 Å². The lowest BCUT2D eigenvalue weighted by atomic mass is 10.1. The van der Waals surface area contributed by atoms with Gasteiger partial charge in [-0.15, -0.1) is 0 Å². The monoisotopic (exact) mass is 354 g/mol. The van der Waals surface area contributed by atoms with E-state index in [1.54, 1.807) is 31.2 Å². The first kappa shape index (κ1) is 19.5. The number of para-hydroxylation sites is 1. The topological polar surface area (TPSA) is 58.6 Å². The standard InChI is InChI=1S/C21H26N2O3/c1-16(18-12-7-8-13-19(18)26-3)23(2)20(24)14-9-15-22-21(25)17-10-5-4-6-11-17/h4-8,10-13,16H,9,14-15H2,1-3H3,(H,22,25). The van der Waals surface area contributed by atoms with Crippen LogP contribution >= 0.6 is 0 Å². The van der Waals surface area contributed by atoms with Gasteiger partial charge in [-0.2, -0.15) is 0 Å². The molecule has 1 unspecified atom stereocenters. The number of ether oxygens (including phenoxy) is 1. The van der Waals surface area contributed by atoms with E-state index < -0.39 is 0 Å². The molecule has 26 heavy (non-hydrogen) atoms. The highest BCUT2D eigenvalue weighted by Crippen LogP contribution is 2.28. The van der Waals surface area contributed by atoms with Crippen LogP contribution in [0.15, 0.2) is 54.6 Å². The number of benzene rings is 2. The van der Waals surface area contributed by atoms with Crippen LogP contribution < -0.4 is 10.1 Å². The van der Waals surface area contributed by atoms with Crippen LogP contribution in [0.1, 0.15) is 41.7 Å². The van der Waals surface area contributed by atoms with Crippen molar-refractivity contribution < 1.29 is 14.3 Å². The van der Waals surface area contributed by atoms with E-state index in [2.05, 4.69) is 5.32 Å². The molecule has 2 aromatic carbocycles. The predicted molar refractivity (Wildman–Crippen MR) is 102 cm³/mol. The van der Waals surface area contributed by atoms with Gasteiger partial charge in [-0.05, 0) is 31.5 Å². The number of hydrogen-bond donors (Lipinski definition) is 1. The molecule has 0 radical (unpaired) electrons. The van der Waals surface area contributed by atoms with Crippen LogP contribution in [0.2, 0.25) is 0 Å². The van der Waals surface area contributed by atoms with Crippen LogP contribution in [-0.4, -0.2) is 37.4 Å². The van der Waals surface area contributed by atoms with Crippen molar-refractivity contribution in [2.45, 2.75) is 25.8 Å². The van der Waals surface area contributed by atoms with Crippen molar-refractivity contribution in [1.82, 2.24) is 10.2 Å². The largest absolute Gasteiger partial charge is 0.496 e. The molecule has 0 fully saturated rings. The zero-order valence-corrected chi connectivity index (χ0v) is 15.6. The van der Waals surface area contributed by atoms with Crippen LogP contribution in [0.5, 0.6) is 5.75 Å². The van der Waals surface area contributed by atoms with E-state index in [0.29, 0.717) is 24.9 Å². The van der Waals surface area contributed by atoms with Gasteiger partial charge in [0.2, 0.25) is 5.91 Å². The van der Waals surface area contributed by atoms with Crippen molar-refractivity contribution in [3.63, 3.8) is 0 Å². The van der Waals surface area contributed by atoms with Crippen molar-refractivity contribution in [3.8, 4) is 5.75 Å². The Labute approximate surface area is 155 Å². The Morgan fingerprint density at radius 3 is 2.42 bits per heavy atom. The Kier molecular flexibility index (Phi) is 7.21. The first-order valence-electron chi connectivity index (χ1n) is 8.76. The molecule has 0 aliphatic carbocycles. The number of methoxy groups -OCH3 is 1. The Hall–Kier alpha value is -2.82. The van der Waals surface area contributed by atoms with Crippen LogP contribution in [0.4, 0.5) is 0 Å². The molecule has 0 spiro atoms. The third-order valence-corrected chi connectivity index (χ3v) is 4.45. The Morgan fingerprint density at radius 2 is 1.73 bits per heavy atom. The van der Waals surface area contributed by atoms with Crippen molar-refractivity contribution in [2.75, 3.05) is 20.7 Å². The van der Waals surface area contributed by atoms with Gasteiger partial charge in [0.1, 0.15) is 5.75 Å². The summed E-state index contributed by atoms with van der Waals surface area (Å²) in [6, 6.07) is 16.7. The molecule has 0 aliphatic heterocycles. The molecule has 2 amide bonds. The fourth-order valence-electron chi connectivity index (χ4n) is 2.75. The lowest BCUT2D eigenvalue weighted by Crippen LogP contribution is -2.31. The molecule has 5 heteroatoms. The van der Waals surface area contributed by atoms with Crippen LogP contribution in [0.25, 0.3) is 0 Å². The molecule has 2 rings (SSSR count). The summed E-state index contributed by atoms with van der Waals surface area (Å²) in [7, 11) is 3.42. The lowest BCUT2D eigenvalue weighted by molar-refractivity contribution is -0.131. The summed E-state index contributed by atoms with van der Waals surface area (Å²) < 4.78 is 5.38. The normalized spacial score (nSPS) is 11.5. The van der Waals surface area contributed by atoms with Gasteiger partial charge in [0.25, 0.3) is 5.91 Å². The molecule has 0 bridgehead atoms. The molecule has 1 atom stereocenters. The fraction of sp³-hybridized carbons (Fsp3) is 0.333. The average molecular weight is 354 g/mol. The van der Waals surface area contributed by atoms with E-state index in [1.807, 2.05) is 49.4 Å². The molecule has 0 aromatic heterocycles. The minimum Gasteiger partial charge on any atom is -0.496 e. The molecular formula is C21H26N2O3. The average Bonchev–Trinajstić information content (AvgIpc) is 2.70. The first-order valence-corrected chi connectivity index (χ1v) is 8.76. The third-order valence-electron chi connectivity index (χ3n) is 4.45. The second-order valence-corrected chi connectivity index (χ2v) is 6.15. The Morgan fingerprint density at radius 1 is 1.08 bits per heavy atom. The van der Waals surface area contributed by atoms with Crippen molar-refractivity contribution in [3.05, 3.63) is 65.7 Å². The Balaban J connectivity index is 1.81. The summed E-state index contributed by atoms with van der Waals surface area (Å²) in [5, 5.41) is 2.84. The van der Waals surface area contributed by atoms with Crippen LogP contribution in [-0.2, 0) is 4.79 Å². The predicted octanol–water partition coefficient (Wildman–Crippen LogP) is 3.42. The lowest BCUT2D eigenvalue weighted by Gasteiger charge is -2.26. The maximum absolute atomic E-state index is 12.4. The SMILES string of the molecule is COc1ccccc1C(C)N(C)C(=O)CCCNC(=O)c1ccccc1. The minimum absolute atomic E-state index is 0.0392. The summed E-state index contributed by atoms with van der Waals surface area (Å²) in [5.41, 5.74) is 1.60. The number of carbonyl (C=O) groups excluding carboxylic acids is 2. The first-order chi connectivity index (χ1) is 12.5. The van der Waals surface area contributed by atoms with Gasteiger partial charge in [-0.25, -0.2) is 0 Å². The minimum atomic E-state index is -0.117. The van der Waals surface area contributed by atoms with E-state index in [4.69, 9.17) is 4.74 Å². The molecule has 2 aromatic rings. The molecule has 138 valence electrons. The van der Waals surface area contributed by atoms with Crippen molar-refractivity contribution in [1.29, 1.82) is 0 Å². The highest BCUT2D eigenvalue weighted by Gasteiger charge is 2.19. The highest BCUT2D eigenvalue weighted by atomic mass is 16.5. The maximum Gasteiger partial charge on any atom is 0.251 e. The zero-order chi connectivity index (χ0) is 18.9. The van der Waals surface area contributed by atoms with Gasteiger partial charge in [0.15, 0.2) is 0 Å². The Bertz CT molecular complexity index is 731. The fourth-order valence-corrected chi connectivity index (χ4v) is 2.75. The van der Waals surface area contributed by atoms with E-state index >= 15 is 0 Å². The summed E-state index contributed by atoms with van der Waals surface area (Å²) in [4.78, 5) is 26.1. The summed E-state index contributed by atoms with van der Waals surface area (Å²) >= 11 is 0. The van der Waals surface area contributed by atoms with E-state index in [1.165, 1.54) is 0 Å². The number of nitrogens with zero attached hydrogens (tertiary/aromatic N) is 1. The number of rotatable bonds is 8. The van der Waals surface area contributed by atoms with Crippen LogP contribution in [0.3, 0.4) is 0 Å². The molecule has 0 saturated heterocycles. The maximum atomic E-state index is 12.4. The summed E-state index contributed by atoms with van der Waals surface area (Å²) in [6.07, 6.45) is 0.978. The molecule has 5 nitrogen and oxygen atoms in total. The molecule has 0 heterocycles. The molecule has 1 N–H and O–H groups in total. The zero-order valence-electron chi connectivity index (χ0n) is 15.6. The highest BCUT2D eigenvalue weighted by molar-refractivity contribution is 5.94. The second-order valence-electron chi connectivity index (χ2n) is 6.15. The number of carbonyl (C=O) groups is 2. The molecule has 0 saturated carbocycles. The second kappa shape index (κ2) is 9.61. The third kappa shape index (κ3) is 5.09. The van der Waals surface area contributed by atoms with E-state index in [9.17, 15) is 9.59 Å². The number of amides is 2. The number of hydrogen-bond acceptors (Lipinski definition) is 3. The van der Waals surface area contributed by atoms with Gasteiger partial charge >= 0.3 is 0 Å². The van der Waals surface area contributed by atoms with Crippen molar-refractivity contribution >= 4 is 11.8 Å². The van der Waals surface area contributed by atoms with Gasteiger partial charge in [-0.3, -0.25) is 9.59 Å². The van der Waals surface area contributed by atoms with E-state index in [0.717, 1.165) is 11.3 Å². The van der Waals surface area contributed by atoms with Gasteiger partial charge in [0.05, 0.1) is 13.2 Å². The quantitative estimate of drug-likeness (QED) is 0.739. The smallest absolute Gasteiger partial charge is 0.251 e. The molecular weight excluding hydrogens is 328 g/mol. The summed E-state index contributed by atoms with van der Waals surface area (Å²) in [6.45, 7) is 2.45. The van der Waals surface area contributed by atoms with Crippen molar-refractivity contribution in [2.24, 2.45) is 0 Å². The molecule has 0 aliphatic rings. The van der Waals surface area contributed by atoms with Gasteiger partial charge < -0.3 is 15.0 Å². The van der Waals surface area contributed by atoms with E-state index in [-0.39, 0.29) is 17.9 Å². The van der Waals surface area contributed by atoms with Gasteiger partial charge in [-0.1, -0.05) is 36.4 Å². The van der Waals surface area contributed by atoms with Crippen LogP contribution in [0, 0.1) is 0 Å². The summed E-state index contributed by atoms with van der Waals surface area (Å²) in [5.74, 6) is 0.695.